The van der Waals surface area contributed by atoms with Crippen LogP contribution in [-0.4, -0.2) is 57.3 Å². The summed E-state index contributed by atoms with van der Waals surface area (Å²) < 4.78 is 4.94. The number of piperidine rings is 1. The fourth-order valence-corrected chi connectivity index (χ4v) is 2.15. The first-order chi connectivity index (χ1) is 8.26. The lowest BCUT2D eigenvalue weighted by molar-refractivity contribution is 0.186. The van der Waals surface area contributed by atoms with E-state index in [1.54, 1.807) is 7.11 Å². The Labute approximate surface area is 104 Å². The van der Waals surface area contributed by atoms with E-state index in [1.165, 1.54) is 19.4 Å². The molecule has 1 rings (SSSR count). The molecule has 1 aliphatic rings. The number of guanidine groups is 1. The molecule has 0 spiro atoms. The fraction of sp³-hybridized carbons (Fsp3) is 0.917. The number of nitrogens with two attached hydrogens (primary N) is 1. The van der Waals surface area contributed by atoms with E-state index in [2.05, 4.69) is 22.1 Å². The van der Waals surface area contributed by atoms with Crippen LogP contribution in [0.3, 0.4) is 0 Å². The van der Waals surface area contributed by atoms with Gasteiger partial charge in [0.15, 0.2) is 5.96 Å². The Morgan fingerprint density at radius 1 is 1.59 bits per heavy atom. The zero-order valence-electron chi connectivity index (χ0n) is 11.1. The molecule has 1 atom stereocenters. The summed E-state index contributed by atoms with van der Waals surface area (Å²) in [6.07, 6.45) is 2.55. The molecule has 1 fully saturated rings. The highest BCUT2D eigenvalue weighted by Gasteiger charge is 2.17. The maximum atomic E-state index is 5.77. The maximum absolute atomic E-state index is 5.77. The molecule has 1 saturated heterocycles. The predicted molar refractivity (Wildman–Crippen MR) is 71.2 cm³/mol. The van der Waals surface area contributed by atoms with E-state index in [-0.39, 0.29) is 0 Å². The van der Waals surface area contributed by atoms with Crippen molar-refractivity contribution in [3.05, 3.63) is 0 Å². The first-order valence-electron chi connectivity index (χ1n) is 6.51. The number of nitrogens with one attached hydrogen (secondary N) is 1. The zero-order valence-corrected chi connectivity index (χ0v) is 11.1. The lowest BCUT2D eigenvalue weighted by Gasteiger charge is -2.30. The summed E-state index contributed by atoms with van der Waals surface area (Å²) in [5, 5.41) is 3.04. The Kier molecular flexibility index (Phi) is 6.96. The second-order valence-electron chi connectivity index (χ2n) is 4.55. The standard InChI is InChI=1S/C12H26N4O/c1-3-16-7-4-5-11(10-16)9-15-12(13)14-6-8-17-2/h11H,3-10H2,1-2H3,(H3,13,14,15). The molecule has 5 nitrogen and oxygen atoms in total. The average molecular weight is 242 g/mol. The summed E-state index contributed by atoms with van der Waals surface area (Å²) >= 11 is 0. The first-order valence-corrected chi connectivity index (χ1v) is 6.51. The molecule has 0 amide bonds. The minimum atomic E-state index is 0.538. The molecule has 1 heterocycles. The van der Waals surface area contributed by atoms with Gasteiger partial charge in [0.2, 0.25) is 0 Å². The second kappa shape index (κ2) is 8.31. The Morgan fingerprint density at radius 3 is 3.12 bits per heavy atom. The van der Waals surface area contributed by atoms with Gasteiger partial charge in [-0.1, -0.05) is 6.92 Å². The molecule has 0 saturated carbocycles. The molecule has 0 aliphatic carbocycles. The zero-order chi connectivity index (χ0) is 12.5. The number of ether oxygens (including phenoxy) is 1. The smallest absolute Gasteiger partial charge is 0.188 e. The Hall–Kier alpha value is -0.810. The van der Waals surface area contributed by atoms with Gasteiger partial charge >= 0.3 is 0 Å². The Morgan fingerprint density at radius 2 is 2.41 bits per heavy atom. The quantitative estimate of drug-likeness (QED) is 0.399. The second-order valence-corrected chi connectivity index (χ2v) is 4.55. The van der Waals surface area contributed by atoms with Gasteiger partial charge < -0.3 is 20.7 Å². The van der Waals surface area contributed by atoms with Gasteiger partial charge in [-0.2, -0.15) is 0 Å². The highest BCUT2D eigenvalue weighted by Crippen LogP contribution is 2.16. The SMILES string of the molecule is CCN1CCCC(CN=C(N)NCCOC)C1. The molecule has 0 aromatic carbocycles. The highest BCUT2D eigenvalue weighted by atomic mass is 16.5. The Bertz CT molecular complexity index is 233. The molecule has 100 valence electrons. The molecule has 1 aliphatic heterocycles. The van der Waals surface area contributed by atoms with Crippen LogP contribution in [0.2, 0.25) is 0 Å². The van der Waals surface area contributed by atoms with E-state index in [9.17, 15) is 0 Å². The van der Waals surface area contributed by atoms with Gasteiger partial charge in [-0.05, 0) is 31.8 Å². The van der Waals surface area contributed by atoms with Gasteiger partial charge in [-0.25, -0.2) is 0 Å². The molecule has 1 unspecified atom stereocenters. The average Bonchev–Trinajstić information content (AvgIpc) is 2.37. The first kappa shape index (κ1) is 14.3. The largest absolute Gasteiger partial charge is 0.383 e. The molecule has 5 heteroatoms. The van der Waals surface area contributed by atoms with Crippen LogP contribution in [-0.2, 0) is 4.74 Å². The topological polar surface area (TPSA) is 62.9 Å². The van der Waals surface area contributed by atoms with Crippen molar-refractivity contribution in [3.8, 4) is 0 Å². The molecular weight excluding hydrogens is 216 g/mol. The van der Waals surface area contributed by atoms with Crippen LogP contribution in [0.15, 0.2) is 4.99 Å². The number of aliphatic imine (C=N–C) groups is 1. The van der Waals surface area contributed by atoms with Gasteiger partial charge in [0.1, 0.15) is 0 Å². The minimum Gasteiger partial charge on any atom is -0.383 e. The predicted octanol–water partition coefficient (Wildman–Crippen LogP) is 0.269. The van der Waals surface area contributed by atoms with Crippen LogP contribution in [0, 0.1) is 5.92 Å². The van der Waals surface area contributed by atoms with Gasteiger partial charge in [-0.3, -0.25) is 4.99 Å². The number of hydrogen-bond acceptors (Lipinski definition) is 3. The van der Waals surface area contributed by atoms with Gasteiger partial charge in [-0.15, -0.1) is 0 Å². The van der Waals surface area contributed by atoms with Crippen molar-refractivity contribution in [1.82, 2.24) is 10.2 Å². The van der Waals surface area contributed by atoms with E-state index in [4.69, 9.17) is 10.5 Å². The van der Waals surface area contributed by atoms with Crippen LogP contribution in [0.4, 0.5) is 0 Å². The van der Waals surface area contributed by atoms with Gasteiger partial charge in [0.05, 0.1) is 6.61 Å². The van der Waals surface area contributed by atoms with Gasteiger partial charge in [0.25, 0.3) is 0 Å². The number of hydrogen-bond donors (Lipinski definition) is 2. The van der Waals surface area contributed by atoms with E-state index in [0.29, 0.717) is 18.5 Å². The summed E-state index contributed by atoms with van der Waals surface area (Å²) in [5.74, 6) is 1.20. The molecule has 0 radical (unpaired) electrons. The monoisotopic (exact) mass is 242 g/mol. The molecular formula is C12H26N4O. The van der Waals surface area contributed by atoms with Crippen molar-refractivity contribution in [2.45, 2.75) is 19.8 Å². The highest BCUT2D eigenvalue weighted by molar-refractivity contribution is 5.77. The summed E-state index contributed by atoms with van der Waals surface area (Å²) in [7, 11) is 1.68. The number of nitrogens with zero attached hydrogens (tertiary/aromatic N) is 2. The molecule has 3 N–H and O–H groups in total. The number of likely N-dealkylation sites (tertiary alicyclic amines) is 1. The molecule has 17 heavy (non-hydrogen) atoms. The van der Waals surface area contributed by atoms with Crippen LogP contribution in [0.1, 0.15) is 19.8 Å². The van der Waals surface area contributed by atoms with Crippen LogP contribution in [0.25, 0.3) is 0 Å². The van der Waals surface area contributed by atoms with Crippen LogP contribution < -0.4 is 11.1 Å². The van der Waals surface area contributed by atoms with Gasteiger partial charge in [0, 0.05) is 26.7 Å². The fourth-order valence-electron chi connectivity index (χ4n) is 2.15. The van der Waals surface area contributed by atoms with Crippen molar-refractivity contribution in [3.63, 3.8) is 0 Å². The summed E-state index contributed by atoms with van der Waals surface area (Å²) in [6.45, 7) is 7.96. The number of methoxy groups -OCH3 is 1. The van der Waals surface area contributed by atoms with E-state index >= 15 is 0 Å². The van der Waals surface area contributed by atoms with Crippen molar-refractivity contribution < 1.29 is 4.74 Å². The number of rotatable bonds is 6. The minimum absolute atomic E-state index is 0.538. The summed E-state index contributed by atoms with van der Waals surface area (Å²) in [5.41, 5.74) is 5.77. The summed E-state index contributed by atoms with van der Waals surface area (Å²) in [4.78, 5) is 6.87. The van der Waals surface area contributed by atoms with E-state index in [1.807, 2.05) is 0 Å². The van der Waals surface area contributed by atoms with Crippen molar-refractivity contribution in [2.75, 3.05) is 46.4 Å². The maximum Gasteiger partial charge on any atom is 0.188 e. The Balaban J connectivity index is 2.21. The molecule has 0 aromatic rings. The lowest BCUT2D eigenvalue weighted by Crippen LogP contribution is -2.38. The van der Waals surface area contributed by atoms with Crippen molar-refractivity contribution in [2.24, 2.45) is 16.6 Å². The van der Waals surface area contributed by atoms with Crippen molar-refractivity contribution in [1.29, 1.82) is 0 Å². The molecule has 0 bridgehead atoms. The third kappa shape index (κ3) is 5.89. The lowest BCUT2D eigenvalue weighted by atomic mass is 9.98. The van der Waals surface area contributed by atoms with Crippen molar-refractivity contribution >= 4 is 5.96 Å². The van der Waals surface area contributed by atoms with Crippen LogP contribution >= 0.6 is 0 Å². The summed E-state index contributed by atoms with van der Waals surface area (Å²) in [6, 6.07) is 0. The third-order valence-electron chi connectivity index (χ3n) is 3.18. The van der Waals surface area contributed by atoms with E-state index in [0.717, 1.165) is 26.2 Å². The van der Waals surface area contributed by atoms with E-state index < -0.39 is 0 Å². The normalized spacial score (nSPS) is 22.7. The molecule has 0 aromatic heterocycles. The van der Waals surface area contributed by atoms with Crippen LogP contribution in [0.5, 0.6) is 0 Å². The third-order valence-corrected chi connectivity index (χ3v) is 3.18.